The molecule has 1 heterocycles. The smallest absolute Gasteiger partial charge is 0.313 e. The maximum absolute atomic E-state index is 11.9. The Bertz CT molecular complexity index is 830. The van der Waals surface area contributed by atoms with Gasteiger partial charge in [0.25, 0.3) is 0 Å². The molecule has 0 atom stereocenters. The predicted molar refractivity (Wildman–Crippen MR) is 89.5 cm³/mol. The van der Waals surface area contributed by atoms with Gasteiger partial charge >= 0.3 is 11.8 Å². The Labute approximate surface area is 143 Å². The van der Waals surface area contributed by atoms with Crippen molar-refractivity contribution in [2.45, 2.75) is 13.5 Å². The number of nitrogens with one attached hydrogen (secondary N) is 2. The Morgan fingerprint density at radius 2 is 1.68 bits per heavy atom. The monoisotopic (exact) mass is 340 g/mol. The summed E-state index contributed by atoms with van der Waals surface area (Å²) in [5.74, 6) is -0.340. The normalized spacial score (nSPS) is 11.7. The number of ether oxygens (including phenoxy) is 2. The van der Waals surface area contributed by atoms with Crippen LogP contribution in [0.25, 0.3) is 0 Å². The molecule has 0 fully saturated rings. The minimum absolute atomic E-state index is 0.0701. The highest BCUT2D eigenvalue weighted by Crippen LogP contribution is 2.32. The van der Waals surface area contributed by atoms with Crippen molar-refractivity contribution in [2.75, 3.05) is 12.1 Å². The van der Waals surface area contributed by atoms with E-state index in [0.717, 1.165) is 5.56 Å². The van der Waals surface area contributed by atoms with E-state index in [1.54, 1.807) is 42.5 Å². The number of hydrogen-bond acceptors (Lipinski definition) is 5. The van der Waals surface area contributed by atoms with Crippen LogP contribution >= 0.6 is 0 Å². The van der Waals surface area contributed by atoms with Gasteiger partial charge in [-0.25, -0.2) is 0 Å². The number of fused-ring (bicyclic) bond motifs is 1. The summed E-state index contributed by atoms with van der Waals surface area (Å²) in [6, 6.07) is 11.6. The van der Waals surface area contributed by atoms with Gasteiger partial charge in [0.05, 0.1) is 0 Å². The molecule has 2 aromatic carbocycles. The number of hydrogen-bond donors (Lipinski definition) is 2. The summed E-state index contributed by atoms with van der Waals surface area (Å²) in [6.07, 6.45) is 0. The Morgan fingerprint density at radius 3 is 2.40 bits per heavy atom. The molecule has 25 heavy (non-hydrogen) atoms. The summed E-state index contributed by atoms with van der Waals surface area (Å²) in [7, 11) is 0. The molecule has 2 N–H and O–H groups in total. The van der Waals surface area contributed by atoms with Crippen LogP contribution in [0.4, 0.5) is 5.69 Å². The average Bonchev–Trinajstić information content (AvgIpc) is 3.07. The molecular weight excluding hydrogens is 324 g/mol. The van der Waals surface area contributed by atoms with Crippen LogP contribution in [0.2, 0.25) is 0 Å². The first-order chi connectivity index (χ1) is 12.0. The van der Waals surface area contributed by atoms with Crippen molar-refractivity contribution in [3.63, 3.8) is 0 Å². The SMILES string of the molecule is CC(=O)c1ccc(NC(=O)C(=O)NCc2ccc3c(c2)OCO3)cc1. The van der Waals surface area contributed by atoms with Gasteiger partial charge in [0.1, 0.15) is 0 Å². The lowest BCUT2D eigenvalue weighted by molar-refractivity contribution is -0.136. The molecule has 1 aliphatic heterocycles. The van der Waals surface area contributed by atoms with Crippen molar-refractivity contribution in [2.24, 2.45) is 0 Å². The number of rotatable bonds is 4. The first-order valence-electron chi connectivity index (χ1n) is 7.61. The second-order valence-electron chi connectivity index (χ2n) is 5.46. The lowest BCUT2D eigenvalue weighted by Crippen LogP contribution is -2.34. The quantitative estimate of drug-likeness (QED) is 0.655. The zero-order valence-corrected chi connectivity index (χ0v) is 13.5. The minimum atomic E-state index is -0.781. The first kappa shape index (κ1) is 16.5. The molecule has 0 unspecified atom stereocenters. The standard InChI is InChI=1S/C18H16N2O5/c1-11(21)13-3-5-14(6-4-13)20-18(23)17(22)19-9-12-2-7-15-16(8-12)25-10-24-15/h2-8H,9-10H2,1H3,(H,19,22)(H,20,23). The van der Waals surface area contributed by atoms with Crippen LogP contribution in [-0.2, 0) is 16.1 Å². The van der Waals surface area contributed by atoms with Crippen molar-refractivity contribution in [3.8, 4) is 11.5 Å². The van der Waals surface area contributed by atoms with Crippen LogP contribution < -0.4 is 20.1 Å². The van der Waals surface area contributed by atoms with Crippen LogP contribution in [0.1, 0.15) is 22.8 Å². The Balaban J connectivity index is 1.54. The van der Waals surface area contributed by atoms with E-state index in [9.17, 15) is 14.4 Å². The fourth-order valence-electron chi connectivity index (χ4n) is 2.29. The second kappa shape index (κ2) is 7.04. The van der Waals surface area contributed by atoms with Gasteiger partial charge in [0.2, 0.25) is 6.79 Å². The van der Waals surface area contributed by atoms with Crippen molar-refractivity contribution in [1.82, 2.24) is 5.32 Å². The molecule has 7 heteroatoms. The number of anilines is 1. The van der Waals surface area contributed by atoms with Crippen LogP contribution in [-0.4, -0.2) is 24.4 Å². The lowest BCUT2D eigenvalue weighted by Gasteiger charge is -2.07. The van der Waals surface area contributed by atoms with Crippen LogP contribution in [0.5, 0.6) is 11.5 Å². The summed E-state index contributed by atoms with van der Waals surface area (Å²) in [6.45, 7) is 1.82. The number of carbonyl (C=O) groups is 3. The van der Waals surface area contributed by atoms with Crippen LogP contribution in [0.15, 0.2) is 42.5 Å². The molecular formula is C18H16N2O5. The minimum Gasteiger partial charge on any atom is -0.454 e. The van der Waals surface area contributed by atoms with E-state index in [1.807, 2.05) is 0 Å². The molecule has 2 amide bonds. The van der Waals surface area contributed by atoms with E-state index in [1.165, 1.54) is 6.92 Å². The summed E-state index contributed by atoms with van der Waals surface area (Å²) in [4.78, 5) is 35.0. The highest BCUT2D eigenvalue weighted by molar-refractivity contribution is 6.39. The van der Waals surface area contributed by atoms with E-state index in [4.69, 9.17) is 9.47 Å². The molecule has 128 valence electrons. The van der Waals surface area contributed by atoms with Crippen molar-refractivity contribution < 1.29 is 23.9 Å². The topological polar surface area (TPSA) is 93.7 Å². The highest BCUT2D eigenvalue weighted by atomic mass is 16.7. The summed E-state index contributed by atoms with van der Waals surface area (Å²) in [5.41, 5.74) is 1.76. The highest BCUT2D eigenvalue weighted by Gasteiger charge is 2.16. The molecule has 0 bridgehead atoms. The molecule has 0 aromatic heterocycles. The average molecular weight is 340 g/mol. The molecule has 0 saturated heterocycles. The van der Waals surface area contributed by atoms with E-state index in [-0.39, 0.29) is 19.1 Å². The van der Waals surface area contributed by atoms with Gasteiger partial charge in [-0.05, 0) is 48.9 Å². The van der Waals surface area contributed by atoms with Gasteiger partial charge in [0, 0.05) is 17.8 Å². The van der Waals surface area contributed by atoms with E-state index in [0.29, 0.717) is 22.7 Å². The van der Waals surface area contributed by atoms with Gasteiger partial charge < -0.3 is 20.1 Å². The van der Waals surface area contributed by atoms with Gasteiger partial charge in [-0.3, -0.25) is 14.4 Å². The molecule has 1 aliphatic rings. The van der Waals surface area contributed by atoms with Crippen molar-refractivity contribution in [1.29, 1.82) is 0 Å². The van der Waals surface area contributed by atoms with Crippen molar-refractivity contribution in [3.05, 3.63) is 53.6 Å². The molecule has 7 nitrogen and oxygen atoms in total. The molecule has 3 rings (SSSR count). The van der Waals surface area contributed by atoms with Gasteiger partial charge in [-0.1, -0.05) is 6.07 Å². The van der Waals surface area contributed by atoms with Crippen LogP contribution in [0.3, 0.4) is 0 Å². The Kier molecular flexibility index (Phi) is 4.65. The van der Waals surface area contributed by atoms with E-state index >= 15 is 0 Å². The summed E-state index contributed by atoms with van der Waals surface area (Å²) >= 11 is 0. The van der Waals surface area contributed by atoms with Gasteiger partial charge in [-0.15, -0.1) is 0 Å². The van der Waals surface area contributed by atoms with Crippen LogP contribution in [0, 0.1) is 0 Å². The number of Topliss-reactive ketones (excluding diaryl/α,β-unsaturated/α-hetero) is 1. The Morgan fingerprint density at radius 1 is 0.960 bits per heavy atom. The fraction of sp³-hybridized carbons (Fsp3) is 0.167. The maximum Gasteiger partial charge on any atom is 0.313 e. The second-order valence-corrected chi connectivity index (χ2v) is 5.46. The van der Waals surface area contributed by atoms with Crippen molar-refractivity contribution >= 4 is 23.3 Å². The molecule has 0 saturated carbocycles. The van der Waals surface area contributed by atoms with E-state index < -0.39 is 11.8 Å². The zero-order chi connectivity index (χ0) is 17.8. The number of carbonyl (C=O) groups excluding carboxylic acids is 3. The molecule has 0 radical (unpaired) electrons. The lowest BCUT2D eigenvalue weighted by atomic mass is 10.1. The number of amides is 2. The summed E-state index contributed by atoms with van der Waals surface area (Å²) in [5, 5.41) is 5.02. The van der Waals surface area contributed by atoms with Gasteiger partial charge in [0.15, 0.2) is 17.3 Å². The molecule has 2 aromatic rings. The molecule has 0 spiro atoms. The third kappa shape index (κ3) is 3.95. The number of ketones is 1. The zero-order valence-electron chi connectivity index (χ0n) is 13.5. The third-order valence-electron chi connectivity index (χ3n) is 3.65. The largest absolute Gasteiger partial charge is 0.454 e. The third-order valence-corrected chi connectivity index (χ3v) is 3.65. The summed E-state index contributed by atoms with van der Waals surface area (Å²) < 4.78 is 10.5. The molecule has 0 aliphatic carbocycles. The van der Waals surface area contributed by atoms with E-state index in [2.05, 4.69) is 10.6 Å². The first-order valence-corrected chi connectivity index (χ1v) is 7.61. The number of benzene rings is 2. The maximum atomic E-state index is 11.9. The van der Waals surface area contributed by atoms with Gasteiger partial charge in [-0.2, -0.15) is 0 Å². The predicted octanol–water partition coefficient (Wildman–Crippen LogP) is 1.87. The Hall–Kier alpha value is -3.35. The fourth-order valence-corrected chi connectivity index (χ4v) is 2.29.